The van der Waals surface area contributed by atoms with Crippen LogP contribution in [0.2, 0.25) is 0 Å². The Kier molecular flexibility index (Phi) is 4.09. The zero-order chi connectivity index (χ0) is 9.78. The van der Waals surface area contributed by atoms with Gasteiger partial charge in [-0.15, -0.1) is 0 Å². The highest BCUT2D eigenvalue weighted by molar-refractivity contribution is 5.67. The van der Waals surface area contributed by atoms with Gasteiger partial charge in [-0.3, -0.25) is 4.79 Å². The van der Waals surface area contributed by atoms with Crippen LogP contribution in [0.5, 0.6) is 0 Å². The molecule has 3 nitrogen and oxygen atoms in total. The third-order valence-corrected chi connectivity index (χ3v) is 1.18. The average molecular weight is 181 g/mol. The molecule has 0 aliphatic heterocycles. The van der Waals surface area contributed by atoms with Gasteiger partial charge in [0.2, 0.25) is 0 Å². The van der Waals surface area contributed by atoms with E-state index < -0.39 is 24.9 Å². The van der Waals surface area contributed by atoms with Gasteiger partial charge in [-0.25, -0.2) is 8.78 Å². The topological polar surface area (TPSA) is 49.3 Å². The molecule has 12 heavy (non-hydrogen) atoms. The predicted molar refractivity (Wildman–Crippen MR) is 40.3 cm³/mol. The van der Waals surface area contributed by atoms with Crippen molar-refractivity contribution in [2.75, 3.05) is 6.54 Å². The summed E-state index contributed by atoms with van der Waals surface area (Å²) in [6.45, 7) is 2.85. The summed E-state index contributed by atoms with van der Waals surface area (Å²) in [7, 11) is 0. The molecular formula is C7H13F2NO2. The molecule has 0 saturated carbocycles. The molecule has 0 aliphatic rings. The van der Waals surface area contributed by atoms with E-state index in [1.165, 1.54) is 0 Å². The Morgan fingerprint density at radius 1 is 1.58 bits per heavy atom. The van der Waals surface area contributed by atoms with Crippen molar-refractivity contribution in [1.82, 2.24) is 5.32 Å². The summed E-state index contributed by atoms with van der Waals surface area (Å²) in [6.07, 6.45) is -1.12. The zero-order valence-electron chi connectivity index (χ0n) is 7.10. The fraction of sp³-hybridized carbons (Fsp3) is 0.857. The minimum absolute atomic E-state index is 0.0651. The standard InChI is InChI=1S/C7H13F2NO2/c1-5(2)10-4-7(8,9)3-6(11)12/h5,10H,3-4H2,1-2H3,(H,11,12). The second-order valence-electron chi connectivity index (χ2n) is 2.96. The number of hydrogen-bond acceptors (Lipinski definition) is 2. The van der Waals surface area contributed by atoms with Crippen molar-refractivity contribution >= 4 is 5.97 Å². The second kappa shape index (κ2) is 4.35. The number of carbonyl (C=O) groups is 1. The maximum Gasteiger partial charge on any atom is 0.309 e. The number of aliphatic carboxylic acids is 1. The summed E-state index contributed by atoms with van der Waals surface area (Å²) in [5.74, 6) is -4.64. The Bertz CT molecular complexity index is 159. The van der Waals surface area contributed by atoms with Gasteiger partial charge in [0.1, 0.15) is 6.42 Å². The second-order valence-corrected chi connectivity index (χ2v) is 2.96. The number of carboxylic acid groups (broad SMARTS) is 1. The molecule has 0 fully saturated rings. The summed E-state index contributed by atoms with van der Waals surface area (Å²) in [4.78, 5) is 9.95. The van der Waals surface area contributed by atoms with Crippen molar-refractivity contribution in [3.63, 3.8) is 0 Å². The van der Waals surface area contributed by atoms with E-state index >= 15 is 0 Å². The monoisotopic (exact) mass is 181 g/mol. The van der Waals surface area contributed by atoms with Crippen LogP contribution in [0.15, 0.2) is 0 Å². The van der Waals surface area contributed by atoms with Crippen LogP contribution in [0.25, 0.3) is 0 Å². The molecule has 0 spiro atoms. The maximum absolute atomic E-state index is 12.6. The van der Waals surface area contributed by atoms with E-state index in [9.17, 15) is 13.6 Å². The van der Waals surface area contributed by atoms with Gasteiger partial charge in [0.25, 0.3) is 5.92 Å². The molecule has 0 aromatic heterocycles. The summed E-state index contributed by atoms with van der Waals surface area (Å²) in [6, 6.07) is -0.0651. The first-order valence-corrected chi connectivity index (χ1v) is 3.66. The number of hydrogen-bond donors (Lipinski definition) is 2. The van der Waals surface area contributed by atoms with Crippen LogP contribution >= 0.6 is 0 Å². The highest BCUT2D eigenvalue weighted by Crippen LogP contribution is 2.16. The lowest BCUT2D eigenvalue weighted by atomic mass is 10.2. The van der Waals surface area contributed by atoms with Crippen LogP contribution in [0.3, 0.4) is 0 Å². The largest absolute Gasteiger partial charge is 0.481 e. The van der Waals surface area contributed by atoms with Gasteiger partial charge in [-0.05, 0) is 0 Å². The molecule has 0 saturated heterocycles. The minimum Gasteiger partial charge on any atom is -0.481 e. The smallest absolute Gasteiger partial charge is 0.309 e. The number of rotatable bonds is 5. The molecule has 2 N–H and O–H groups in total. The lowest BCUT2D eigenvalue weighted by Crippen LogP contribution is -2.38. The van der Waals surface area contributed by atoms with Crippen LogP contribution in [0.4, 0.5) is 8.78 Å². The Labute approximate surface area is 69.8 Å². The first-order chi connectivity index (χ1) is 5.33. The van der Waals surface area contributed by atoms with Gasteiger partial charge in [-0.1, -0.05) is 13.8 Å². The van der Waals surface area contributed by atoms with Gasteiger partial charge in [0.05, 0.1) is 6.54 Å². The molecule has 5 heteroatoms. The highest BCUT2D eigenvalue weighted by atomic mass is 19.3. The zero-order valence-corrected chi connectivity index (χ0v) is 7.10. The minimum atomic E-state index is -3.16. The van der Waals surface area contributed by atoms with Gasteiger partial charge in [-0.2, -0.15) is 0 Å². The van der Waals surface area contributed by atoms with Crippen molar-refractivity contribution in [3.05, 3.63) is 0 Å². The molecule has 0 rings (SSSR count). The summed E-state index contributed by atoms with van der Waals surface area (Å²) < 4.78 is 25.2. The first-order valence-electron chi connectivity index (χ1n) is 3.66. The maximum atomic E-state index is 12.6. The van der Waals surface area contributed by atoms with Crippen LogP contribution in [0.1, 0.15) is 20.3 Å². The van der Waals surface area contributed by atoms with Gasteiger partial charge >= 0.3 is 5.97 Å². The molecule has 0 atom stereocenters. The fourth-order valence-corrected chi connectivity index (χ4v) is 0.637. The summed E-state index contributed by atoms with van der Waals surface area (Å²) in [5.41, 5.74) is 0. The summed E-state index contributed by atoms with van der Waals surface area (Å²) in [5, 5.41) is 10.6. The van der Waals surface area contributed by atoms with E-state index in [0.29, 0.717) is 0 Å². The molecular weight excluding hydrogens is 168 g/mol. The van der Waals surface area contributed by atoms with Crippen LogP contribution in [-0.4, -0.2) is 29.6 Å². The quantitative estimate of drug-likeness (QED) is 0.667. The van der Waals surface area contributed by atoms with Crippen molar-refractivity contribution < 1.29 is 18.7 Å². The average Bonchev–Trinajstić information content (AvgIpc) is 1.81. The predicted octanol–water partition coefficient (Wildman–Crippen LogP) is 1.09. The molecule has 0 amide bonds. The Hall–Kier alpha value is -0.710. The molecule has 0 bridgehead atoms. The van der Waals surface area contributed by atoms with E-state index in [4.69, 9.17) is 5.11 Å². The van der Waals surface area contributed by atoms with Crippen molar-refractivity contribution in [3.8, 4) is 0 Å². The van der Waals surface area contributed by atoms with E-state index in [0.717, 1.165) is 0 Å². The Morgan fingerprint density at radius 2 is 2.08 bits per heavy atom. The molecule has 0 aromatic carbocycles. The number of halogens is 2. The first kappa shape index (κ1) is 11.3. The number of carboxylic acids is 1. The SMILES string of the molecule is CC(C)NCC(F)(F)CC(=O)O. The molecule has 0 aromatic rings. The van der Waals surface area contributed by atoms with Crippen molar-refractivity contribution in [2.24, 2.45) is 0 Å². The number of alkyl halides is 2. The fourth-order valence-electron chi connectivity index (χ4n) is 0.637. The molecule has 0 unspecified atom stereocenters. The van der Waals surface area contributed by atoms with Gasteiger partial charge in [0, 0.05) is 6.04 Å². The van der Waals surface area contributed by atoms with Crippen molar-refractivity contribution in [1.29, 1.82) is 0 Å². The lowest BCUT2D eigenvalue weighted by Gasteiger charge is -2.16. The highest BCUT2D eigenvalue weighted by Gasteiger charge is 2.31. The third kappa shape index (κ3) is 6.03. The van der Waals surface area contributed by atoms with Gasteiger partial charge in [0.15, 0.2) is 0 Å². The normalized spacial score (nSPS) is 12.1. The van der Waals surface area contributed by atoms with Gasteiger partial charge < -0.3 is 10.4 Å². The lowest BCUT2D eigenvalue weighted by molar-refractivity contribution is -0.144. The third-order valence-electron chi connectivity index (χ3n) is 1.18. The molecule has 72 valence electrons. The van der Waals surface area contributed by atoms with Crippen LogP contribution in [-0.2, 0) is 4.79 Å². The molecule has 0 heterocycles. The summed E-state index contributed by atoms with van der Waals surface area (Å²) >= 11 is 0. The molecule has 0 radical (unpaired) electrons. The van der Waals surface area contributed by atoms with E-state index in [1.807, 2.05) is 0 Å². The van der Waals surface area contributed by atoms with E-state index in [1.54, 1.807) is 13.8 Å². The van der Waals surface area contributed by atoms with Crippen LogP contribution < -0.4 is 5.32 Å². The van der Waals surface area contributed by atoms with E-state index in [-0.39, 0.29) is 6.04 Å². The molecule has 0 aliphatic carbocycles. The van der Waals surface area contributed by atoms with Crippen molar-refractivity contribution in [2.45, 2.75) is 32.2 Å². The Morgan fingerprint density at radius 3 is 2.42 bits per heavy atom. The van der Waals surface area contributed by atoms with Crippen LogP contribution in [0, 0.1) is 0 Å². The number of nitrogens with one attached hydrogen (secondary N) is 1. The Balaban J connectivity index is 3.78. The van der Waals surface area contributed by atoms with E-state index in [2.05, 4.69) is 5.32 Å².